The second-order valence-electron chi connectivity index (χ2n) is 5.93. The predicted molar refractivity (Wildman–Crippen MR) is 101 cm³/mol. The molecule has 1 atom stereocenters. The molecule has 0 aliphatic heterocycles. The number of nitrogens with one attached hydrogen (secondary N) is 1. The Morgan fingerprint density at radius 1 is 1.04 bits per heavy atom. The summed E-state index contributed by atoms with van der Waals surface area (Å²) in [5, 5.41) is 4.93. The smallest absolute Gasteiger partial charge is 0.340 e. The van der Waals surface area contributed by atoms with Crippen molar-refractivity contribution in [1.82, 2.24) is 0 Å². The van der Waals surface area contributed by atoms with Gasteiger partial charge in [0.15, 0.2) is 6.10 Å². The molecule has 1 heterocycles. The largest absolute Gasteiger partial charge is 0.449 e. The molecule has 1 aromatic heterocycles. The maximum atomic E-state index is 12.3. The van der Waals surface area contributed by atoms with Crippen LogP contribution >= 0.6 is 11.3 Å². The Morgan fingerprint density at radius 2 is 1.76 bits per heavy atom. The lowest BCUT2D eigenvalue weighted by Crippen LogP contribution is -2.30. The molecule has 1 amide bonds. The molecule has 0 unspecified atom stereocenters. The third-order valence-corrected chi connectivity index (χ3v) is 4.90. The number of rotatable bonds is 4. The van der Waals surface area contributed by atoms with Gasteiger partial charge in [-0.2, -0.15) is 0 Å². The lowest BCUT2D eigenvalue weighted by Gasteiger charge is -2.14. The van der Waals surface area contributed by atoms with Gasteiger partial charge in [0.2, 0.25) is 0 Å². The highest BCUT2D eigenvalue weighted by atomic mass is 32.1. The highest BCUT2D eigenvalue weighted by Crippen LogP contribution is 2.22. The summed E-state index contributed by atoms with van der Waals surface area (Å²) >= 11 is 1.54. The highest BCUT2D eigenvalue weighted by Gasteiger charge is 2.21. The van der Waals surface area contributed by atoms with Crippen LogP contribution in [0.3, 0.4) is 0 Å². The Bertz CT molecular complexity index is 945. The molecule has 0 aliphatic carbocycles. The van der Waals surface area contributed by atoms with E-state index in [-0.39, 0.29) is 5.91 Å². The third kappa shape index (κ3) is 3.88. The van der Waals surface area contributed by atoms with Gasteiger partial charge in [-0.15, -0.1) is 11.3 Å². The van der Waals surface area contributed by atoms with Crippen molar-refractivity contribution in [2.75, 3.05) is 5.32 Å². The first-order valence-corrected chi connectivity index (χ1v) is 8.83. The standard InChI is InChI=1S/C20H19NO3S/c1-12-10-18(14(3)25-12)20(23)24-13(2)19(22)21-17-9-8-15-6-4-5-7-16(15)11-17/h4-11,13H,1-3H3,(H,21,22)/t13-/m1/s1. The van der Waals surface area contributed by atoms with Crippen molar-refractivity contribution in [3.63, 3.8) is 0 Å². The van der Waals surface area contributed by atoms with Crippen LogP contribution in [0, 0.1) is 13.8 Å². The summed E-state index contributed by atoms with van der Waals surface area (Å²) in [6.45, 7) is 5.38. The molecule has 2 aromatic carbocycles. The van der Waals surface area contributed by atoms with Crippen LogP contribution < -0.4 is 5.32 Å². The van der Waals surface area contributed by atoms with E-state index in [0.29, 0.717) is 11.3 Å². The molecule has 0 radical (unpaired) electrons. The Labute approximate surface area is 150 Å². The van der Waals surface area contributed by atoms with Crippen LogP contribution in [-0.2, 0) is 9.53 Å². The first-order chi connectivity index (χ1) is 11.9. The number of thiophene rings is 1. The zero-order valence-corrected chi connectivity index (χ0v) is 15.1. The van der Waals surface area contributed by atoms with Gasteiger partial charge in [0.1, 0.15) is 0 Å². The van der Waals surface area contributed by atoms with Crippen molar-refractivity contribution in [3.05, 3.63) is 63.8 Å². The van der Waals surface area contributed by atoms with Crippen LogP contribution in [-0.4, -0.2) is 18.0 Å². The minimum absolute atomic E-state index is 0.353. The van der Waals surface area contributed by atoms with Gasteiger partial charge >= 0.3 is 5.97 Å². The fourth-order valence-electron chi connectivity index (χ4n) is 2.62. The van der Waals surface area contributed by atoms with E-state index in [1.165, 1.54) is 11.3 Å². The molecule has 4 nitrogen and oxygen atoms in total. The molecule has 3 rings (SSSR count). The van der Waals surface area contributed by atoms with Gasteiger partial charge in [-0.25, -0.2) is 4.79 Å². The van der Waals surface area contributed by atoms with E-state index in [4.69, 9.17) is 4.74 Å². The molecule has 25 heavy (non-hydrogen) atoms. The zero-order chi connectivity index (χ0) is 18.0. The average molecular weight is 353 g/mol. The number of benzene rings is 2. The average Bonchev–Trinajstić information content (AvgIpc) is 2.93. The van der Waals surface area contributed by atoms with Crippen molar-refractivity contribution in [2.45, 2.75) is 26.9 Å². The Hall–Kier alpha value is -2.66. The molecule has 3 aromatic rings. The van der Waals surface area contributed by atoms with Gasteiger partial charge in [-0.05, 0) is 49.7 Å². The van der Waals surface area contributed by atoms with E-state index < -0.39 is 12.1 Å². The maximum Gasteiger partial charge on any atom is 0.340 e. The van der Waals surface area contributed by atoms with E-state index in [2.05, 4.69) is 5.32 Å². The summed E-state index contributed by atoms with van der Waals surface area (Å²) in [6.07, 6.45) is -0.876. The van der Waals surface area contributed by atoms with Crippen molar-refractivity contribution in [2.24, 2.45) is 0 Å². The van der Waals surface area contributed by atoms with Crippen molar-refractivity contribution < 1.29 is 14.3 Å². The van der Waals surface area contributed by atoms with Gasteiger partial charge in [0, 0.05) is 15.4 Å². The Morgan fingerprint density at radius 3 is 2.44 bits per heavy atom. The van der Waals surface area contributed by atoms with Gasteiger partial charge < -0.3 is 10.1 Å². The summed E-state index contributed by atoms with van der Waals surface area (Å²) < 4.78 is 5.31. The number of aryl methyl sites for hydroxylation is 2. The summed E-state index contributed by atoms with van der Waals surface area (Å²) in [4.78, 5) is 26.5. The van der Waals surface area contributed by atoms with Crippen LogP contribution in [0.1, 0.15) is 27.0 Å². The molecule has 5 heteroatoms. The molecule has 0 bridgehead atoms. The third-order valence-electron chi connectivity index (χ3n) is 3.93. The van der Waals surface area contributed by atoms with Gasteiger partial charge in [-0.3, -0.25) is 4.79 Å². The van der Waals surface area contributed by atoms with E-state index in [9.17, 15) is 9.59 Å². The molecule has 0 saturated heterocycles. The second kappa shape index (κ2) is 7.07. The quantitative estimate of drug-likeness (QED) is 0.692. The molecular weight excluding hydrogens is 334 g/mol. The summed E-state index contributed by atoms with van der Waals surface area (Å²) in [5.74, 6) is -0.823. The summed E-state index contributed by atoms with van der Waals surface area (Å²) in [6, 6.07) is 15.4. The summed E-state index contributed by atoms with van der Waals surface area (Å²) in [5.41, 5.74) is 1.20. The van der Waals surface area contributed by atoms with E-state index in [1.54, 1.807) is 13.0 Å². The number of carbonyl (C=O) groups excluding carboxylic acids is 2. The van der Waals surface area contributed by atoms with E-state index >= 15 is 0 Å². The molecular formula is C20H19NO3S. The predicted octanol–water partition coefficient (Wildman–Crippen LogP) is 4.70. The monoisotopic (exact) mass is 353 g/mol. The fourth-order valence-corrected chi connectivity index (χ4v) is 3.53. The molecule has 0 spiro atoms. The van der Waals surface area contributed by atoms with Crippen molar-refractivity contribution >= 4 is 39.7 Å². The van der Waals surface area contributed by atoms with Gasteiger partial charge in [0.25, 0.3) is 5.91 Å². The Kier molecular flexibility index (Phi) is 4.86. The normalized spacial score (nSPS) is 12.0. The number of anilines is 1. The van der Waals surface area contributed by atoms with Crippen LogP contribution in [0.2, 0.25) is 0 Å². The lowest BCUT2D eigenvalue weighted by molar-refractivity contribution is -0.123. The molecule has 128 valence electrons. The fraction of sp³-hybridized carbons (Fsp3) is 0.200. The van der Waals surface area contributed by atoms with Crippen LogP contribution in [0.4, 0.5) is 5.69 Å². The first kappa shape index (κ1) is 17.2. The Balaban J connectivity index is 1.67. The topological polar surface area (TPSA) is 55.4 Å². The van der Waals surface area contributed by atoms with Crippen molar-refractivity contribution in [1.29, 1.82) is 0 Å². The maximum absolute atomic E-state index is 12.3. The van der Waals surface area contributed by atoms with Crippen LogP contribution in [0.5, 0.6) is 0 Å². The molecule has 0 aliphatic rings. The zero-order valence-electron chi connectivity index (χ0n) is 14.3. The number of hydrogen-bond acceptors (Lipinski definition) is 4. The van der Waals surface area contributed by atoms with E-state index in [0.717, 1.165) is 20.5 Å². The minimum Gasteiger partial charge on any atom is -0.449 e. The SMILES string of the molecule is Cc1cc(C(=O)O[C@H](C)C(=O)Nc2ccc3ccccc3c2)c(C)s1. The van der Waals surface area contributed by atoms with Gasteiger partial charge in [-0.1, -0.05) is 30.3 Å². The number of amides is 1. The van der Waals surface area contributed by atoms with Crippen LogP contribution in [0.15, 0.2) is 48.5 Å². The second-order valence-corrected chi connectivity index (χ2v) is 7.39. The number of esters is 1. The number of fused-ring (bicyclic) bond motifs is 1. The number of hydrogen-bond donors (Lipinski definition) is 1. The van der Waals surface area contributed by atoms with Crippen LogP contribution in [0.25, 0.3) is 10.8 Å². The van der Waals surface area contributed by atoms with Gasteiger partial charge in [0.05, 0.1) is 5.56 Å². The lowest BCUT2D eigenvalue weighted by atomic mass is 10.1. The van der Waals surface area contributed by atoms with E-state index in [1.807, 2.05) is 56.3 Å². The molecule has 0 saturated carbocycles. The number of ether oxygens (including phenoxy) is 1. The summed E-state index contributed by atoms with van der Waals surface area (Å²) in [7, 11) is 0. The molecule has 1 N–H and O–H groups in total. The van der Waals surface area contributed by atoms with Crippen molar-refractivity contribution in [3.8, 4) is 0 Å². The minimum atomic E-state index is -0.876. The number of carbonyl (C=O) groups is 2. The first-order valence-electron chi connectivity index (χ1n) is 8.02. The molecule has 0 fully saturated rings. The highest BCUT2D eigenvalue weighted by molar-refractivity contribution is 7.12.